The predicted octanol–water partition coefficient (Wildman–Crippen LogP) is -1.71. The van der Waals surface area contributed by atoms with Crippen LogP contribution >= 0.6 is 11.6 Å². The summed E-state index contributed by atoms with van der Waals surface area (Å²) >= 11 is 5.73. The Morgan fingerprint density at radius 2 is 2.19 bits per heavy atom. The molecule has 0 aliphatic carbocycles. The zero-order chi connectivity index (χ0) is 15.7. The van der Waals surface area contributed by atoms with Crippen molar-refractivity contribution >= 4 is 17.6 Å². The van der Waals surface area contributed by atoms with Crippen LogP contribution in [0, 0.1) is 0 Å². The van der Waals surface area contributed by atoms with E-state index in [9.17, 15) is 19.8 Å². The number of aliphatic hydroxyl groups is 3. The van der Waals surface area contributed by atoms with Crippen LogP contribution in [0.25, 0.3) is 0 Å². The maximum Gasteiger partial charge on any atom is 0.362 e. The summed E-state index contributed by atoms with van der Waals surface area (Å²) in [6.07, 6.45) is -4.19. The van der Waals surface area contributed by atoms with Gasteiger partial charge in [0.25, 0.3) is 5.56 Å². The molecule has 0 spiro atoms. The molecule has 3 N–H and O–H groups in total. The summed E-state index contributed by atoms with van der Waals surface area (Å²) in [6, 6.07) is 0. The standard InChI is InChI=1S/C11H13ClN2O7/c1-20-11(19)6-9(18)14(2-5(12)13-6)10-8(17)7(16)4(3-15)21-10/h2,4,7-8,10,15-17H,3H2,1H3/t4-,7-,8-,10+/m0/s1. The molecule has 9 nitrogen and oxygen atoms in total. The van der Waals surface area contributed by atoms with Gasteiger partial charge >= 0.3 is 5.97 Å². The molecule has 0 aromatic carbocycles. The molecule has 0 amide bonds. The van der Waals surface area contributed by atoms with Crippen molar-refractivity contribution in [1.82, 2.24) is 9.55 Å². The molecule has 1 aromatic heterocycles. The van der Waals surface area contributed by atoms with Crippen molar-refractivity contribution in [2.75, 3.05) is 13.7 Å². The molecule has 1 saturated heterocycles. The lowest BCUT2D eigenvalue weighted by Gasteiger charge is -2.18. The Kier molecular flexibility index (Phi) is 4.59. The minimum atomic E-state index is -1.48. The fraction of sp³-hybridized carbons (Fsp3) is 0.545. The summed E-state index contributed by atoms with van der Waals surface area (Å²) in [6.45, 7) is -0.549. The number of halogens is 1. The fourth-order valence-electron chi connectivity index (χ4n) is 2.01. The third-order valence-corrected chi connectivity index (χ3v) is 3.25. The number of hydrogen-bond donors (Lipinski definition) is 3. The maximum absolute atomic E-state index is 12.2. The van der Waals surface area contributed by atoms with E-state index in [-0.39, 0.29) is 5.15 Å². The van der Waals surface area contributed by atoms with Crippen molar-refractivity contribution in [3.63, 3.8) is 0 Å². The van der Waals surface area contributed by atoms with Gasteiger partial charge in [-0.05, 0) is 0 Å². The molecule has 21 heavy (non-hydrogen) atoms. The number of carbonyl (C=O) groups is 1. The van der Waals surface area contributed by atoms with E-state index in [0.29, 0.717) is 0 Å². The highest BCUT2D eigenvalue weighted by Crippen LogP contribution is 2.28. The maximum atomic E-state index is 12.2. The van der Waals surface area contributed by atoms with E-state index in [1.165, 1.54) is 0 Å². The molecular formula is C11H13ClN2O7. The molecule has 2 heterocycles. The average Bonchev–Trinajstić information content (AvgIpc) is 2.76. The molecule has 2 rings (SSSR count). The number of aromatic nitrogens is 2. The number of methoxy groups -OCH3 is 1. The molecule has 10 heteroatoms. The smallest absolute Gasteiger partial charge is 0.362 e. The van der Waals surface area contributed by atoms with Crippen LogP contribution in [0.4, 0.5) is 0 Å². The van der Waals surface area contributed by atoms with Crippen LogP contribution in [0.15, 0.2) is 11.0 Å². The van der Waals surface area contributed by atoms with Gasteiger partial charge in [0.15, 0.2) is 6.23 Å². The normalized spacial score (nSPS) is 28.6. The van der Waals surface area contributed by atoms with Gasteiger partial charge in [0.2, 0.25) is 5.69 Å². The predicted molar refractivity (Wildman–Crippen MR) is 67.9 cm³/mol. The van der Waals surface area contributed by atoms with Crippen molar-refractivity contribution in [2.45, 2.75) is 24.5 Å². The van der Waals surface area contributed by atoms with Gasteiger partial charge in [-0.3, -0.25) is 9.36 Å². The molecule has 1 aliphatic rings. The number of nitrogens with zero attached hydrogens (tertiary/aromatic N) is 2. The Morgan fingerprint density at radius 3 is 2.71 bits per heavy atom. The zero-order valence-corrected chi connectivity index (χ0v) is 11.6. The van der Waals surface area contributed by atoms with Crippen LogP contribution in [-0.4, -0.2) is 62.9 Å². The molecule has 4 atom stereocenters. The number of esters is 1. The van der Waals surface area contributed by atoms with E-state index in [1.54, 1.807) is 0 Å². The number of hydrogen-bond acceptors (Lipinski definition) is 8. The molecule has 1 aliphatic heterocycles. The summed E-state index contributed by atoms with van der Waals surface area (Å²) in [4.78, 5) is 27.2. The highest BCUT2D eigenvalue weighted by atomic mass is 35.5. The highest BCUT2D eigenvalue weighted by molar-refractivity contribution is 6.29. The highest BCUT2D eigenvalue weighted by Gasteiger charge is 2.44. The Labute approximate surface area is 123 Å². The molecule has 116 valence electrons. The Bertz CT molecular complexity index is 605. The Morgan fingerprint density at radius 1 is 1.52 bits per heavy atom. The van der Waals surface area contributed by atoms with Gasteiger partial charge in [-0.2, -0.15) is 0 Å². The molecule has 0 bridgehead atoms. The SMILES string of the molecule is COC(=O)c1nc(Cl)cn([C@@H]2O[C@@H](CO)[C@H](O)[C@@H]2O)c1=O. The second kappa shape index (κ2) is 6.08. The number of aliphatic hydroxyl groups excluding tert-OH is 3. The first-order valence-electron chi connectivity index (χ1n) is 5.90. The van der Waals surface area contributed by atoms with Crippen molar-refractivity contribution in [2.24, 2.45) is 0 Å². The Hall–Kier alpha value is -1.52. The van der Waals surface area contributed by atoms with Gasteiger partial charge in [-0.25, -0.2) is 9.78 Å². The molecule has 0 unspecified atom stereocenters. The van der Waals surface area contributed by atoms with Gasteiger partial charge in [0.05, 0.1) is 13.7 Å². The van der Waals surface area contributed by atoms with Crippen LogP contribution in [0.5, 0.6) is 0 Å². The lowest BCUT2D eigenvalue weighted by Crippen LogP contribution is -2.37. The monoisotopic (exact) mass is 320 g/mol. The fourth-order valence-corrected chi connectivity index (χ4v) is 2.20. The lowest BCUT2D eigenvalue weighted by molar-refractivity contribution is -0.0546. The minimum Gasteiger partial charge on any atom is -0.464 e. The first-order chi connectivity index (χ1) is 9.90. The van der Waals surface area contributed by atoms with Gasteiger partial charge in [-0.1, -0.05) is 11.6 Å². The van der Waals surface area contributed by atoms with E-state index in [2.05, 4.69) is 9.72 Å². The molecular weight excluding hydrogens is 308 g/mol. The van der Waals surface area contributed by atoms with Crippen molar-refractivity contribution in [3.05, 3.63) is 27.4 Å². The minimum absolute atomic E-state index is 0.201. The van der Waals surface area contributed by atoms with E-state index in [4.69, 9.17) is 21.4 Å². The Balaban J connectivity index is 2.48. The lowest BCUT2D eigenvalue weighted by atomic mass is 10.1. The van der Waals surface area contributed by atoms with E-state index in [0.717, 1.165) is 17.9 Å². The summed E-state index contributed by atoms with van der Waals surface area (Å²) < 4.78 is 10.4. The van der Waals surface area contributed by atoms with Crippen LogP contribution in [-0.2, 0) is 9.47 Å². The average molecular weight is 321 g/mol. The molecule has 1 fully saturated rings. The number of carbonyl (C=O) groups excluding carboxylic acids is 1. The molecule has 0 radical (unpaired) electrons. The molecule has 1 aromatic rings. The summed E-state index contributed by atoms with van der Waals surface area (Å²) in [5.41, 5.74) is -1.48. The van der Waals surface area contributed by atoms with E-state index < -0.39 is 48.4 Å². The van der Waals surface area contributed by atoms with Gasteiger partial charge < -0.3 is 24.8 Å². The van der Waals surface area contributed by atoms with Crippen LogP contribution < -0.4 is 5.56 Å². The van der Waals surface area contributed by atoms with Gasteiger partial charge in [0, 0.05) is 6.20 Å². The largest absolute Gasteiger partial charge is 0.464 e. The first kappa shape index (κ1) is 15.9. The summed E-state index contributed by atoms with van der Waals surface area (Å²) in [5.74, 6) is -0.997. The topological polar surface area (TPSA) is 131 Å². The van der Waals surface area contributed by atoms with Crippen molar-refractivity contribution < 1.29 is 29.6 Å². The third-order valence-electron chi connectivity index (χ3n) is 3.07. The summed E-state index contributed by atoms with van der Waals surface area (Å²) in [7, 11) is 1.07. The van der Waals surface area contributed by atoms with E-state index >= 15 is 0 Å². The second-order valence-electron chi connectivity index (χ2n) is 4.35. The summed E-state index contributed by atoms with van der Waals surface area (Å²) in [5, 5.41) is 28.4. The second-order valence-corrected chi connectivity index (χ2v) is 4.73. The van der Waals surface area contributed by atoms with Crippen molar-refractivity contribution in [3.8, 4) is 0 Å². The number of rotatable bonds is 3. The van der Waals surface area contributed by atoms with Gasteiger partial charge in [-0.15, -0.1) is 0 Å². The van der Waals surface area contributed by atoms with Crippen LogP contribution in [0.3, 0.4) is 0 Å². The first-order valence-corrected chi connectivity index (χ1v) is 6.28. The molecule has 0 saturated carbocycles. The van der Waals surface area contributed by atoms with E-state index in [1.807, 2.05) is 0 Å². The van der Waals surface area contributed by atoms with Crippen LogP contribution in [0.2, 0.25) is 5.15 Å². The van der Waals surface area contributed by atoms with Gasteiger partial charge in [0.1, 0.15) is 23.5 Å². The van der Waals surface area contributed by atoms with Crippen LogP contribution in [0.1, 0.15) is 16.7 Å². The number of ether oxygens (including phenoxy) is 2. The van der Waals surface area contributed by atoms with Crippen molar-refractivity contribution in [1.29, 1.82) is 0 Å². The quantitative estimate of drug-likeness (QED) is 0.561. The zero-order valence-electron chi connectivity index (χ0n) is 10.8. The third kappa shape index (κ3) is 2.78.